The van der Waals surface area contributed by atoms with Gasteiger partial charge in [0.25, 0.3) is 0 Å². The number of aryl methyl sites for hydroxylation is 2. The Kier molecular flexibility index (Phi) is 5.39. The first kappa shape index (κ1) is 19.5. The molecule has 3 rings (SSSR count). The Labute approximate surface area is 158 Å². The number of amides is 1. The summed E-state index contributed by atoms with van der Waals surface area (Å²) >= 11 is 0. The van der Waals surface area contributed by atoms with Gasteiger partial charge in [0, 0.05) is 6.20 Å². The first-order valence-corrected chi connectivity index (χ1v) is 8.34. The molecule has 7 nitrogen and oxygen atoms in total. The molecule has 148 valence electrons. The largest absolute Gasteiger partial charge is 0.471 e. The lowest BCUT2D eigenvalue weighted by molar-refractivity contribution is -0.141. The molecular weight excluding hydrogens is 375 g/mol. The first-order valence-electron chi connectivity index (χ1n) is 8.34. The molecule has 0 atom stereocenters. The topological polar surface area (TPSA) is 74.0 Å². The molecule has 1 N–H and O–H groups in total. The van der Waals surface area contributed by atoms with Gasteiger partial charge in [-0.2, -0.15) is 23.4 Å². The minimum atomic E-state index is -4.54. The van der Waals surface area contributed by atoms with Crippen molar-refractivity contribution in [2.45, 2.75) is 33.3 Å². The van der Waals surface area contributed by atoms with E-state index in [2.05, 4.69) is 15.5 Å². The van der Waals surface area contributed by atoms with E-state index in [0.717, 1.165) is 33.8 Å². The van der Waals surface area contributed by atoms with Crippen molar-refractivity contribution >= 4 is 11.6 Å². The fraction of sp³-hybridized carbons (Fsp3) is 0.278. The van der Waals surface area contributed by atoms with Crippen molar-refractivity contribution in [1.29, 1.82) is 0 Å². The zero-order valence-corrected chi connectivity index (χ0v) is 15.2. The van der Waals surface area contributed by atoms with Crippen LogP contribution in [0.5, 0.6) is 5.75 Å². The first-order chi connectivity index (χ1) is 13.2. The van der Waals surface area contributed by atoms with Crippen molar-refractivity contribution in [2.75, 3.05) is 5.32 Å². The van der Waals surface area contributed by atoms with Gasteiger partial charge >= 0.3 is 6.18 Å². The number of ether oxygens (including phenoxy) is 1. The van der Waals surface area contributed by atoms with Crippen LogP contribution in [0, 0.1) is 13.8 Å². The predicted molar refractivity (Wildman–Crippen MR) is 94.6 cm³/mol. The average Bonchev–Trinajstić information content (AvgIpc) is 3.23. The molecule has 3 aromatic rings. The van der Waals surface area contributed by atoms with Crippen LogP contribution in [0.25, 0.3) is 0 Å². The van der Waals surface area contributed by atoms with Crippen LogP contribution in [0.3, 0.4) is 0 Å². The van der Waals surface area contributed by atoms with Gasteiger partial charge < -0.3 is 10.1 Å². The fourth-order valence-corrected chi connectivity index (χ4v) is 2.54. The molecule has 0 aliphatic carbocycles. The minimum absolute atomic E-state index is 0.147. The van der Waals surface area contributed by atoms with Gasteiger partial charge in [-0.3, -0.25) is 9.48 Å². The van der Waals surface area contributed by atoms with Crippen LogP contribution in [0.4, 0.5) is 18.9 Å². The maximum atomic E-state index is 12.5. The number of halogens is 3. The van der Waals surface area contributed by atoms with Crippen LogP contribution in [0.15, 0.2) is 42.9 Å². The number of nitrogens with zero attached hydrogens (tertiary/aromatic N) is 4. The summed E-state index contributed by atoms with van der Waals surface area (Å²) in [5, 5.41) is 9.97. The highest BCUT2D eigenvalue weighted by molar-refractivity contribution is 5.90. The van der Waals surface area contributed by atoms with E-state index in [1.54, 1.807) is 6.20 Å². The van der Waals surface area contributed by atoms with Gasteiger partial charge in [-0.1, -0.05) is 17.7 Å². The van der Waals surface area contributed by atoms with E-state index in [-0.39, 0.29) is 13.3 Å². The van der Waals surface area contributed by atoms with Crippen molar-refractivity contribution in [3.05, 3.63) is 59.7 Å². The molecule has 1 amide bonds. The van der Waals surface area contributed by atoms with Gasteiger partial charge in [-0.15, -0.1) is 0 Å². The molecule has 0 aliphatic rings. The van der Waals surface area contributed by atoms with Gasteiger partial charge in [-0.25, -0.2) is 4.68 Å². The second-order valence-electron chi connectivity index (χ2n) is 6.26. The van der Waals surface area contributed by atoms with Crippen LogP contribution < -0.4 is 10.1 Å². The van der Waals surface area contributed by atoms with Crippen molar-refractivity contribution < 1.29 is 22.7 Å². The number of aromatic nitrogens is 4. The van der Waals surface area contributed by atoms with Gasteiger partial charge in [0.15, 0.2) is 12.4 Å². The summed E-state index contributed by atoms with van der Waals surface area (Å²) in [4.78, 5) is 12.0. The highest BCUT2D eigenvalue weighted by Crippen LogP contribution is 2.27. The van der Waals surface area contributed by atoms with E-state index in [1.165, 1.54) is 10.9 Å². The number of carbonyl (C=O) groups excluding carboxylic acids is 1. The molecule has 10 heteroatoms. The number of carbonyl (C=O) groups is 1. The Morgan fingerprint density at radius 2 is 2.00 bits per heavy atom. The summed E-state index contributed by atoms with van der Waals surface area (Å²) in [5.74, 6) is 0.206. The number of anilines is 1. The SMILES string of the molecule is Cc1ccc(OCn2cc(NC(=O)Cn3ccc(C(F)(F)F)n3)cn2)c(C)c1. The molecule has 2 aromatic heterocycles. The van der Waals surface area contributed by atoms with Gasteiger partial charge in [0.1, 0.15) is 12.3 Å². The highest BCUT2D eigenvalue weighted by atomic mass is 19.4. The quantitative estimate of drug-likeness (QED) is 0.697. The second kappa shape index (κ2) is 7.75. The molecule has 0 aliphatic heterocycles. The Balaban J connectivity index is 1.53. The van der Waals surface area contributed by atoms with Crippen LogP contribution in [0.1, 0.15) is 16.8 Å². The minimum Gasteiger partial charge on any atom is -0.471 e. The van der Waals surface area contributed by atoms with Crippen LogP contribution >= 0.6 is 0 Å². The van der Waals surface area contributed by atoms with Crippen molar-refractivity contribution in [3.8, 4) is 5.75 Å². The van der Waals surface area contributed by atoms with Crippen LogP contribution in [-0.2, 0) is 24.2 Å². The summed E-state index contributed by atoms with van der Waals surface area (Å²) in [6.07, 6.45) is -0.457. The molecule has 2 heterocycles. The maximum Gasteiger partial charge on any atom is 0.435 e. The van der Waals surface area contributed by atoms with Crippen LogP contribution in [0.2, 0.25) is 0 Å². The summed E-state index contributed by atoms with van der Waals surface area (Å²) in [7, 11) is 0. The number of hydrogen-bond donors (Lipinski definition) is 1. The Hall–Kier alpha value is -3.30. The molecule has 0 radical (unpaired) electrons. The lowest BCUT2D eigenvalue weighted by Gasteiger charge is -2.09. The lowest BCUT2D eigenvalue weighted by atomic mass is 10.1. The number of benzene rings is 1. The third-order valence-corrected chi connectivity index (χ3v) is 3.84. The van der Waals surface area contributed by atoms with Crippen molar-refractivity contribution in [1.82, 2.24) is 19.6 Å². The van der Waals surface area contributed by atoms with Crippen molar-refractivity contribution in [2.24, 2.45) is 0 Å². The molecule has 28 heavy (non-hydrogen) atoms. The molecule has 0 bridgehead atoms. The fourth-order valence-electron chi connectivity index (χ4n) is 2.54. The maximum absolute atomic E-state index is 12.5. The number of hydrogen-bond acceptors (Lipinski definition) is 4. The van der Waals surface area contributed by atoms with E-state index in [0.29, 0.717) is 5.69 Å². The summed E-state index contributed by atoms with van der Waals surface area (Å²) < 4.78 is 45.7. The van der Waals surface area contributed by atoms with E-state index in [4.69, 9.17) is 4.74 Å². The number of alkyl halides is 3. The number of rotatable bonds is 6. The Bertz CT molecular complexity index is 978. The average molecular weight is 393 g/mol. The van der Waals surface area contributed by atoms with Gasteiger partial charge in [-0.05, 0) is 31.5 Å². The van der Waals surface area contributed by atoms with Crippen molar-refractivity contribution in [3.63, 3.8) is 0 Å². The van der Waals surface area contributed by atoms with Gasteiger partial charge in [0.05, 0.1) is 18.1 Å². The molecule has 0 unspecified atom stereocenters. The molecule has 0 fully saturated rings. The summed E-state index contributed by atoms with van der Waals surface area (Å²) in [5.41, 5.74) is 1.49. The molecule has 0 spiro atoms. The summed E-state index contributed by atoms with van der Waals surface area (Å²) in [6.45, 7) is 3.73. The zero-order chi connectivity index (χ0) is 20.3. The van der Waals surface area contributed by atoms with Gasteiger partial charge in [0.2, 0.25) is 5.91 Å². The predicted octanol–water partition coefficient (Wildman–Crippen LogP) is 3.39. The van der Waals surface area contributed by atoms with Crippen LogP contribution in [-0.4, -0.2) is 25.5 Å². The lowest BCUT2D eigenvalue weighted by Crippen LogP contribution is -2.19. The third-order valence-electron chi connectivity index (χ3n) is 3.84. The second-order valence-corrected chi connectivity index (χ2v) is 6.26. The standard InChI is InChI=1S/C18H18F3N5O2/c1-12-3-4-15(13(2)7-12)28-11-26-9-14(8-22-26)23-17(27)10-25-6-5-16(24-25)18(19,20)21/h3-9H,10-11H2,1-2H3,(H,23,27). The zero-order valence-electron chi connectivity index (χ0n) is 15.2. The molecule has 0 saturated carbocycles. The van der Waals surface area contributed by atoms with E-state index in [9.17, 15) is 18.0 Å². The number of nitrogens with one attached hydrogen (secondary N) is 1. The van der Waals surface area contributed by atoms with E-state index in [1.807, 2.05) is 32.0 Å². The Morgan fingerprint density at radius 1 is 1.21 bits per heavy atom. The monoisotopic (exact) mass is 393 g/mol. The Morgan fingerprint density at radius 3 is 2.68 bits per heavy atom. The molecular formula is C18H18F3N5O2. The highest BCUT2D eigenvalue weighted by Gasteiger charge is 2.33. The molecule has 1 aromatic carbocycles. The smallest absolute Gasteiger partial charge is 0.435 e. The third kappa shape index (κ3) is 4.90. The summed E-state index contributed by atoms with van der Waals surface area (Å²) in [6, 6.07) is 6.63. The van der Waals surface area contributed by atoms with E-state index >= 15 is 0 Å². The normalized spacial score (nSPS) is 11.5. The van der Waals surface area contributed by atoms with E-state index < -0.39 is 17.8 Å². The molecule has 0 saturated heterocycles.